The van der Waals surface area contributed by atoms with Crippen molar-refractivity contribution in [1.29, 1.82) is 0 Å². The van der Waals surface area contributed by atoms with Gasteiger partial charge in [0.25, 0.3) is 5.91 Å². The largest absolute Gasteiger partial charge is 0.465 e. The molecule has 0 unspecified atom stereocenters. The van der Waals surface area contributed by atoms with Gasteiger partial charge in [0.15, 0.2) is 0 Å². The minimum absolute atomic E-state index is 0.0619. The maximum absolute atomic E-state index is 12.7. The van der Waals surface area contributed by atoms with Crippen LogP contribution in [0, 0.1) is 13.8 Å². The van der Waals surface area contributed by atoms with Gasteiger partial charge in [0.2, 0.25) is 0 Å². The van der Waals surface area contributed by atoms with E-state index in [4.69, 9.17) is 9.52 Å². The van der Waals surface area contributed by atoms with Crippen LogP contribution in [0.15, 0.2) is 52.9 Å². The van der Waals surface area contributed by atoms with Crippen LogP contribution in [0.3, 0.4) is 0 Å². The Morgan fingerprint density at radius 2 is 2.00 bits per heavy atom. The number of nitrogens with one attached hydrogen (secondary N) is 1. The highest BCUT2D eigenvalue weighted by molar-refractivity contribution is 7.17. The first-order chi connectivity index (χ1) is 14.1. The van der Waals surface area contributed by atoms with Crippen LogP contribution in [0.1, 0.15) is 38.1 Å². The third kappa shape index (κ3) is 3.19. The second-order valence-electron chi connectivity index (χ2n) is 7.31. The van der Waals surface area contributed by atoms with Gasteiger partial charge in [-0.05, 0) is 62.6 Å². The van der Waals surface area contributed by atoms with Crippen molar-refractivity contribution in [2.45, 2.75) is 33.2 Å². The number of para-hydroxylation sites is 1. The van der Waals surface area contributed by atoms with E-state index in [1.807, 2.05) is 54.9 Å². The lowest BCUT2D eigenvalue weighted by Crippen LogP contribution is -2.21. The van der Waals surface area contributed by atoms with Crippen molar-refractivity contribution in [3.05, 3.63) is 81.9 Å². The fourth-order valence-corrected chi connectivity index (χ4v) is 5.16. The van der Waals surface area contributed by atoms with E-state index in [2.05, 4.69) is 17.4 Å². The van der Waals surface area contributed by atoms with Gasteiger partial charge in [0.05, 0.1) is 28.5 Å². The van der Waals surface area contributed by atoms with Crippen LogP contribution >= 0.6 is 11.3 Å². The van der Waals surface area contributed by atoms with Gasteiger partial charge in [-0.1, -0.05) is 18.2 Å². The van der Waals surface area contributed by atoms with E-state index in [9.17, 15) is 4.79 Å². The van der Waals surface area contributed by atoms with Gasteiger partial charge in [-0.15, -0.1) is 11.3 Å². The Morgan fingerprint density at radius 1 is 1.17 bits per heavy atom. The number of fused-ring (bicyclic) bond motifs is 3. The third-order valence-corrected chi connectivity index (χ3v) is 6.46. The number of aromatic nitrogens is 2. The minimum Gasteiger partial charge on any atom is -0.465 e. The standard InChI is InChI=1S/C23H21N3O2S/c1-14-8-10-18(28-14)13-24-23(27)20-12-16-9-11-19-21(22(16)29-20)15(2)25-26(19)17-6-4-3-5-7-17/h3-8,10,12H,9,11,13H2,1-2H3,(H,24,27). The molecule has 6 heteroatoms. The molecular formula is C23H21N3O2S. The molecule has 3 aromatic heterocycles. The van der Waals surface area contributed by atoms with E-state index >= 15 is 0 Å². The minimum atomic E-state index is -0.0619. The molecule has 0 saturated heterocycles. The maximum Gasteiger partial charge on any atom is 0.261 e. The fraction of sp³-hybridized carbons (Fsp3) is 0.217. The average molecular weight is 404 g/mol. The van der Waals surface area contributed by atoms with Crippen LogP contribution in [0.2, 0.25) is 0 Å². The van der Waals surface area contributed by atoms with Crippen LogP contribution < -0.4 is 5.32 Å². The SMILES string of the molecule is Cc1ccc(CNC(=O)c2cc3c(s2)-c2c(C)nn(-c4ccccc4)c2CC3)o1. The number of hydrogen-bond acceptors (Lipinski definition) is 4. The first kappa shape index (κ1) is 17.9. The Labute approximate surface area is 173 Å². The van der Waals surface area contributed by atoms with E-state index in [0.29, 0.717) is 6.54 Å². The van der Waals surface area contributed by atoms with Gasteiger partial charge in [-0.3, -0.25) is 4.79 Å². The van der Waals surface area contributed by atoms with Gasteiger partial charge in [0, 0.05) is 10.4 Å². The molecule has 0 bridgehead atoms. The summed E-state index contributed by atoms with van der Waals surface area (Å²) >= 11 is 1.55. The molecule has 5 nitrogen and oxygen atoms in total. The molecule has 0 saturated carbocycles. The number of carbonyl (C=O) groups excluding carboxylic acids is 1. The van der Waals surface area contributed by atoms with Crippen LogP contribution in [-0.4, -0.2) is 15.7 Å². The number of amides is 1. The van der Waals surface area contributed by atoms with Crippen LogP contribution in [-0.2, 0) is 19.4 Å². The Bertz CT molecular complexity index is 1200. The summed E-state index contributed by atoms with van der Waals surface area (Å²) in [4.78, 5) is 14.6. The summed E-state index contributed by atoms with van der Waals surface area (Å²) in [5, 5.41) is 7.77. The Kier molecular flexibility index (Phi) is 4.36. The molecule has 0 fully saturated rings. The summed E-state index contributed by atoms with van der Waals surface area (Å²) in [7, 11) is 0. The van der Waals surface area contributed by atoms with E-state index in [1.165, 1.54) is 21.7 Å². The van der Waals surface area contributed by atoms with Gasteiger partial charge in [-0.25, -0.2) is 4.68 Å². The molecule has 5 rings (SSSR count). The zero-order valence-electron chi connectivity index (χ0n) is 16.4. The molecule has 4 aromatic rings. The second-order valence-corrected chi connectivity index (χ2v) is 8.37. The summed E-state index contributed by atoms with van der Waals surface area (Å²) in [5.41, 5.74) is 5.72. The van der Waals surface area contributed by atoms with Crippen molar-refractivity contribution in [2.24, 2.45) is 0 Å². The normalized spacial score (nSPS) is 12.5. The number of thiophene rings is 1. The zero-order chi connectivity index (χ0) is 20.0. The number of hydrogen-bond donors (Lipinski definition) is 1. The molecule has 0 spiro atoms. The summed E-state index contributed by atoms with van der Waals surface area (Å²) in [6.45, 7) is 4.34. The van der Waals surface area contributed by atoms with Crippen molar-refractivity contribution in [2.75, 3.05) is 0 Å². The van der Waals surface area contributed by atoms with Crippen molar-refractivity contribution < 1.29 is 9.21 Å². The highest BCUT2D eigenvalue weighted by atomic mass is 32.1. The van der Waals surface area contributed by atoms with E-state index in [1.54, 1.807) is 11.3 Å². The van der Waals surface area contributed by atoms with E-state index in [-0.39, 0.29) is 5.91 Å². The first-order valence-electron chi connectivity index (χ1n) is 9.70. The van der Waals surface area contributed by atoms with Gasteiger partial charge >= 0.3 is 0 Å². The average Bonchev–Trinajstić information content (AvgIpc) is 3.43. The molecule has 1 aromatic carbocycles. The van der Waals surface area contributed by atoms with Crippen molar-refractivity contribution in [3.63, 3.8) is 0 Å². The number of nitrogens with zero attached hydrogens (tertiary/aromatic N) is 2. The smallest absolute Gasteiger partial charge is 0.261 e. The number of rotatable bonds is 4. The third-order valence-electron chi connectivity index (χ3n) is 5.27. The summed E-state index contributed by atoms with van der Waals surface area (Å²) < 4.78 is 7.58. The molecule has 0 atom stereocenters. The maximum atomic E-state index is 12.7. The highest BCUT2D eigenvalue weighted by Crippen LogP contribution is 2.42. The van der Waals surface area contributed by atoms with Gasteiger partial charge in [0.1, 0.15) is 11.5 Å². The van der Waals surface area contributed by atoms with E-state index < -0.39 is 0 Å². The first-order valence-corrected chi connectivity index (χ1v) is 10.5. The Morgan fingerprint density at radius 3 is 2.76 bits per heavy atom. The lowest BCUT2D eigenvalue weighted by molar-refractivity contribution is 0.0952. The van der Waals surface area contributed by atoms with Crippen molar-refractivity contribution in [3.8, 4) is 16.1 Å². The Balaban J connectivity index is 1.44. The van der Waals surface area contributed by atoms with Crippen LogP contribution in [0.5, 0.6) is 0 Å². The summed E-state index contributed by atoms with van der Waals surface area (Å²) in [6, 6.07) is 16.0. The topological polar surface area (TPSA) is 60.1 Å². The number of carbonyl (C=O) groups is 1. The lowest BCUT2D eigenvalue weighted by atomic mass is 9.95. The number of furan rings is 1. The molecule has 29 heavy (non-hydrogen) atoms. The quantitative estimate of drug-likeness (QED) is 0.530. The number of benzene rings is 1. The second kappa shape index (κ2) is 7.04. The molecule has 3 heterocycles. The molecule has 1 aliphatic carbocycles. The van der Waals surface area contributed by atoms with Crippen molar-refractivity contribution >= 4 is 17.2 Å². The summed E-state index contributed by atoms with van der Waals surface area (Å²) in [5.74, 6) is 1.55. The van der Waals surface area contributed by atoms with E-state index in [0.717, 1.165) is 40.6 Å². The molecule has 0 aliphatic heterocycles. The van der Waals surface area contributed by atoms with Crippen LogP contribution in [0.25, 0.3) is 16.1 Å². The van der Waals surface area contributed by atoms with Crippen LogP contribution in [0.4, 0.5) is 0 Å². The monoisotopic (exact) mass is 403 g/mol. The lowest BCUT2D eigenvalue weighted by Gasteiger charge is -2.14. The fourth-order valence-electron chi connectivity index (χ4n) is 3.91. The van der Waals surface area contributed by atoms with Gasteiger partial charge in [-0.2, -0.15) is 5.10 Å². The molecule has 0 radical (unpaired) electrons. The molecule has 1 aliphatic rings. The molecule has 146 valence electrons. The molecule has 1 N–H and O–H groups in total. The summed E-state index contributed by atoms with van der Waals surface area (Å²) in [6.07, 6.45) is 1.84. The molecule has 1 amide bonds. The number of aryl methyl sites for hydroxylation is 3. The Hall–Kier alpha value is -3.12. The zero-order valence-corrected chi connectivity index (χ0v) is 17.2. The van der Waals surface area contributed by atoms with Gasteiger partial charge < -0.3 is 9.73 Å². The predicted molar refractivity (Wildman–Crippen MR) is 114 cm³/mol. The predicted octanol–water partition coefficient (Wildman–Crippen LogP) is 4.84. The molecular weight excluding hydrogens is 382 g/mol. The highest BCUT2D eigenvalue weighted by Gasteiger charge is 2.27. The van der Waals surface area contributed by atoms with Crippen molar-refractivity contribution in [1.82, 2.24) is 15.1 Å².